The summed E-state index contributed by atoms with van der Waals surface area (Å²) in [5, 5.41) is 9.28. The third-order valence-electron chi connectivity index (χ3n) is 4.12. The zero-order chi connectivity index (χ0) is 21.7. The minimum atomic E-state index is -1.00. The molecule has 1 rings (SSSR count). The van der Waals surface area contributed by atoms with Gasteiger partial charge in [0.1, 0.15) is 11.2 Å². The summed E-state index contributed by atoms with van der Waals surface area (Å²) in [7, 11) is 1.60. The smallest absolute Gasteiger partial charge is 0.410 e. The molecule has 0 aromatic heterocycles. The van der Waals surface area contributed by atoms with Crippen LogP contribution in [0.3, 0.4) is 0 Å². The number of nitrogens with zero attached hydrogens (tertiary/aromatic N) is 3. The largest absolute Gasteiger partial charge is 0.465 e. The van der Waals surface area contributed by atoms with Crippen LogP contribution in [0.5, 0.6) is 0 Å². The molecule has 1 fully saturated rings. The molecular weight excluding hydrogens is 366 g/mol. The van der Waals surface area contributed by atoms with Crippen molar-refractivity contribution in [2.45, 2.75) is 71.6 Å². The van der Waals surface area contributed by atoms with Gasteiger partial charge in [-0.1, -0.05) is 0 Å². The van der Waals surface area contributed by atoms with Gasteiger partial charge in [-0.3, -0.25) is 0 Å². The van der Waals surface area contributed by atoms with Crippen molar-refractivity contribution in [3.63, 3.8) is 0 Å². The molecule has 0 aromatic rings. The molecule has 0 spiro atoms. The second kappa shape index (κ2) is 9.34. The number of hydrogen-bond donors (Lipinski definition) is 1. The van der Waals surface area contributed by atoms with Gasteiger partial charge in [0.2, 0.25) is 0 Å². The van der Waals surface area contributed by atoms with Crippen LogP contribution in [0.1, 0.15) is 54.4 Å². The number of carbonyl (C=O) groups excluding carboxylic acids is 2. The van der Waals surface area contributed by atoms with Crippen molar-refractivity contribution in [2.75, 3.05) is 33.2 Å². The number of piperidine rings is 1. The van der Waals surface area contributed by atoms with Gasteiger partial charge in [0.25, 0.3) is 0 Å². The minimum absolute atomic E-state index is 0.225. The van der Waals surface area contributed by atoms with Gasteiger partial charge in [0, 0.05) is 33.2 Å². The summed E-state index contributed by atoms with van der Waals surface area (Å²) < 4.78 is 10.8. The molecule has 1 saturated heterocycles. The molecule has 1 aliphatic heterocycles. The lowest BCUT2D eigenvalue weighted by molar-refractivity contribution is 0.00143. The quantitative estimate of drug-likeness (QED) is 0.776. The lowest BCUT2D eigenvalue weighted by Gasteiger charge is -2.39. The van der Waals surface area contributed by atoms with E-state index in [0.717, 1.165) is 0 Å². The van der Waals surface area contributed by atoms with Crippen molar-refractivity contribution in [3.8, 4) is 0 Å². The van der Waals surface area contributed by atoms with Crippen LogP contribution in [0, 0.1) is 0 Å². The third-order valence-corrected chi connectivity index (χ3v) is 4.12. The van der Waals surface area contributed by atoms with Gasteiger partial charge in [-0.15, -0.1) is 0 Å². The molecule has 0 aliphatic carbocycles. The maximum atomic E-state index is 12.7. The summed E-state index contributed by atoms with van der Waals surface area (Å²) in [6.45, 7) is 11.8. The molecule has 1 N–H and O–H groups in total. The molecule has 1 aliphatic rings. The van der Waals surface area contributed by atoms with Crippen LogP contribution in [-0.2, 0) is 9.47 Å². The Hall–Kier alpha value is -2.19. The average Bonchev–Trinajstić information content (AvgIpc) is 2.51. The highest BCUT2D eigenvalue weighted by molar-refractivity contribution is 5.70. The Morgan fingerprint density at radius 2 is 1.54 bits per heavy atom. The first-order valence-electron chi connectivity index (χ1n) is 9.61. The van der Waals surface area contributed by atoms with E-state index in [4.69, 9.17) is 9.47 Å². The summed E-state index contributed by atoms with van der Waals surface area (Å²) in [5.41, 5.74) is -1.28. The Balaban J connectivity index is 2.85. The molecule has 162 valence electrons. The van der Waals surface area contributed by atoms with Crippen LogP contribution in [0.25, 0.3) is 0 Å². The van der Waals surface area contributed by atoms with Gasteiger partial charge < -0.3 is 29.3 Å². The fraction of sp³-hybridized carbons (Fsp3) is 0.842. The van der Waals surface area contributed by atoms with Crippen LogP contribution < -0.4 is 0 Å². The van der Waals surface area contributed by atoms with Crippen LogP contribution >= 0.6 is 0 Å². The predicted octanol–water partition coefficient (Wildman–Crippen LogP) is 3.23. The van der Waals surface area contributed by atoms with E-state index >= 15 is 0 Å². The van der Waals surface area contributed by atoms with Gasteiger partial charge in [-0.05, 0) is 54.4 Å². The third kappa shape index (κ3) is 8.22. The van der Waals surface area contributed by atoms with Crippen molar-refractivity contribution in [2.24, 2.45) is 0 Å². The first-order chi connectivity index (χ1) is 12.7. The summed E-state index contributed by atoms with van der Waals surface area (Å²) in [5.74, 6) is 0. The monoisotopic (exact) mass is 401 g/mol. The van der Waals surface area contributed by atoms with E-state index in [9.17, 15) is 19.5 Å². The topological polar surface area (TPSA) is 99.6 Å². The molecule has 0 bridgehead atoms. The number of carboxylic acid groups (broad SMARTS) is 1. The highest BCUT2D eigenvalue weighted by atomic mass is 16.6. The Morgan fingerprint density at radius 1 is 1.00 bits per heavy atom. The summed E-state index contributed by atoms with van der Waals surface area (Å²) in [6.07, 6.45) is -0.647. The van der Waals surface area contributed by atoms with Crippen molar-refractivity contribution in [1.82, 2.24) is 14.7 Å². The lowest BCUT2D eigenvalue weighted by Crippen LogP contribution is -2.54. The molecular formula is C19H35N3O6. The molecule has 0 saturated carbocycles. The zero-order valence-electron chi connectivity index (χ0n) is 18.2. The van der Waals surface area contributed by atoms with Gasteiger partial charge in [-0.2, -0.15) is 0 Å². The summed E-state index contributed by atoms with van der Waals surface area (Å²) >= 11 is 0. The SMILES string of the molecule is CN(CCN(C(=O)OC(C)(C)C)[C@H]1CCCN(C(=O)O)C1)C(=O)OC(C)(C)C. The fourth-order valence-electron chi connectivity index (χ4n) is 2.82. The molecule has 9 nitrogen and oxygen atoms in total. The van der Waals surface area contributed by atoms with Crippen LogP contribution in [0.15, 0.2) is 0 Å². The van der Waals surface area contributed by atoms with E-state index in [2.05, 4.69) is 0 Å². The van der Waals surface area contributed by atoms with Gasteiger partial charge in [0.05, 0.1) is 6.04 Å². The van der Waals surface area contributed by atoms with E-state index in [1.54, 1.807) is 48.6 Å². The van der Waals surface area contributed by atoms with E-state index in [0.29, 0.717) is 19.4 Å². The zero-order valence-corrected chi connectivity index (χ0v) is 18.2. The van der Waals surface area contributed by atoms with Gasteiger partial charge in [-0.25, -0.2) is 14.4 Å². The number of hydrogen-bond acceptors (Lipinski definition) is 5. The van der Waals surface area contributed by atoms with Crippen molar-refractivity contribution < 1.29 is 29.0 Å². The molecule has 1 heterocycles. The Morgan fingerprint density at radius 3 is 2.04 bits per heavy atom. The standard InChI is InChI=1S/C19H35N3O6/c1-18(2,3)27-16(25)20(7)11-12-22(17(26)28-19(4,5)6)14-9-8-10-21(13-14)15(23)24/h14H,8-13H2,1-7H3,(H,23,24)/t14-/m0/s1. The highest BCUT2D eigenvalue weighted by Gasteiger charge is 2.33. The molecule has 1 atom stereocenters. The Labute approximate surface area is 167 Å². The molecule has 3 amide bonds. The molecule has 0 aromatic carbocycles. The minimum Gasteiger partial charge on any atom is -0.465 e. The maximum absolute atomic E-state index is 12.7. The number of likely N-dealkylation sites (tertiary alicyclic amines) is 1. The second-order valence-electron chi connectivity index (χ2n) is 9.10. The number of rotatable bonds is 4. The summed E-state index contributed by atoms with van der Waals surface area (Å²) in [4.78, 5) is 40.5. The average molecular weight is 402 g/mol. The van der Waals surface area contributed by atoms with Crippen LogP contribution in [-0.4, -0.2) is 88.6 Å². The summed E-state index contributed by atoms with van der Waals surface area (Å²) in [6, 6.07) is -0.299. The fourth-order valence-corrected chi connectivity index (χ4v) is 2.82. The number of amides is 3. The molecule has 9 heteroatoms. The maximum Gasteiger partial charge on any atom is 0.410 e. The van der Waals surface area contributed by atoms with Gasteiger partial charge in [0.15, 0.2) is 0 Å². The van der Waals surface area contributed by atoms with Gasteiger partial charge >= 0.3 is 18.3 Å². The van der Waals surface area contributed by atoms with E-state index in [1.807, 2.05) is 0 Å². The first-order valence-corrected chi connectivity index (χ1v) is 9.61. The Kier molecular flexibility index (Phi) is 7.95. The molecule has 0 radical (unpaired) electrons. The van der Waals surface area contributed by atoms with E-state index < -0.39 is 29.5 Å². The number of carbonyl (C=O) groups is 3. The van der Waals surface area contributed by atoms with Crippen LogP contribution in [0.4, 0.5) is 14.4 Å². The normalized spacial score (nSPS) is 17.7. The van der Waals surface area contributed by atoms with Crippen molar-refractivity contribution >= 4 is 18.3 Å². The highest BCUT2D eigenvalue weighted by Crippen LogP contribution is 2.20. The lowest BCUT2D eigenvalue weighted by atomic mass is 10.0. The number of likely N-dealkylation sites (N-methyl/N-ethyl adjacent to an activating group) is 1. The molecule has 0 unspecified atom stereocenters. The Bertz CT molecular complexity index is 567. The predicted molar refractivity (Wildman–Crippen MR) is 104 cm³/mol. The number of ether oxygens (including phenoxy) is 2. The van der Waals surface area contributed by atoms with Crippen molar-refractivity contribution in [3.05, 3.63) is 0 Å². The van der Waals surface area contributed by atoms with Crippen molar-refractivity contribution in [1.29, 1.82) is 0 Å². The second-order valence-corrected chi connectivity index (χ2v) is 9.10. The van der Waals surface area contributed by atoms with E-state index in [-0.39, 0.29) is 25.7 Å². The first kappa shape index (κ1) is 23.8. The molecule has 28 heavy (non-hydrogen) atoms. The van der Waals surface area contributed by atoms with E-state index in [1.165, 1.54) is 14.7 Å². The van der Waals surface area contributed by atoms with Crippen LogP contribution in [0.2, 0.25) is 0 Å².